The third-order valence-electron chi connectivity index (χ3n) is 2.00. The minimum atomic E-state index is 1.04. The van der Waals surface area contributed by atoms with Gasteiger partial charge in [0, 0.05) is 12.4 Å². The summed E-state index contributed by atoms with van der Waals surface area (Å²) in [6, 6.07) is 3.95. The molecule has 0 saturated heterocycles. The minimum Gasteiger partial charge on any atom is -0.323 e. The van der Waals surface area contributed by atoms with E-state index >= 15 is 0 Å². The molecule has 1 aromatic rings. The summed E-state index contributed by atoms with van der Waals surface area (Å²) in [6.07, 6.45) is 6.52. The molecule has 0 amide bonds. The quantitative estimate of drug-likeness (QED) is 0.803. The summed E-state index contributed by atoms with van der Waals surface area (Å²) >= 11 is 0. The van der Waals surface area contributed by atoms with Crippen LogP contribution in [0.5, 0.6) is 0 Å². The van der Waals surface area contributed by atoms with Crippen LogP contribution in [0.3, 0.4) is 0 Å². The predicted octanol–water partition coefficient (Wildman–Crippen LogP) is 1.84. The molecular weight excluding hydrogens is 198 g/mol. The van der Waals surface area contributed by atoms with Crippen molar-refractivity contribution in [2.75, 3.05) is 27.7 Å². The van der Waals surface area contributed by atoms with Gasteiger partial charge in [-0.05, 0) is 65.0 Å². The normalized spacial score (nSPS) is 13.0. The van der Waals surface area contributed by atoms with Crippen molar-refractivity contribution in [3.63, 3.8) is 0 Å². The van der Waals surface area contributed by atoms with Crippen molar-refractivity contribution in [3.8, 4) is 0 Å². The largest absolute Gasteiger partial charge is 0.323 e. The van der Waals surface area contributed by atoms with Gasteiger partial charge in [-0.2, -0.15) is 0 Å². The molecule has 1 saturated carbocycles. The molecule has 0 atom stereocenters. The first-order chi connectivity index (χ1) is 7.74. The van der Waals surface area contributed by atoms with Gasteiger partial charge in [0.1, 0.15) is 0 Å². The van der Waals surface area contributed by atoms with Crippen molar-refractivity contribution in [2.45, 2.75) is 19.8 Å². The Bertz CT molecular complexity index is 232. The van der Waals surface area contributed by atoms with Gasteiger partial charge in [-0.15, -0.1) is 0 Å². The van der Waals surface area contributed by atoms with Crippen LogP contribution in [0, 0.1) is 12.8 Å². The van der Waals surface area contributed by atoms with E-state index in [1.54, 1.807) is 6.20 Å². The lowest BCUT2D eigenvalue weighted by molar-refractivity contribution is 0.717. The van der Waals surface area contributed by atoms with Crippen LogP contribution >= 0.6 is 0 Å². The van der Waals surface area contributed by atoms with Gasteiger partial charge in [0.2, 0.25) is 0 Å². The average Bonchev–Trinajstić information content (AvgIpc) is 3.06. The molecule has 1 fully saturated rings. The highest BCUT2D eigenvalue weighted by Gasteiger charge is 2.18. The van der Waals surface area contributed by atoms with E-state index in [2.05, 4.69) is 15.6 Å². The molecule has 1 aromatic heterocycles. The van der Waals surface area contributed by atoms with E-state index in [-0.39, 0.29) is 0 Å². The van der Waals surface area contributed by atoms with E-state index in [1.807, 2.05) is 46.4 Å². The van der Waals surface area contributed by atoms with Gasteiger partial charge >= 0.3 is 0 Å². The number of hydrogen-bond donors (Lipinski definition) is 2. The summed E-state index contributed by atoms with van der Waals surface area (Å²) in [5, 5.41) is 5.88. The highest BCUT2D eigenvalue weighted by Crippen LogP contribution is 2.27. The van der Waals surface area contributed by atoms with Gasteiger partial charge in [-0.1, -0.05) is 6.07 Å². The molecule has 2 rings (SSSR count). The molecule has 92 valence electrons. The Morgan fingerprint density at radius 1 is 1.31 bits per heavy atom. The highest BCUT2D eigenvalue weighted by atomic mass is 14.8. The number of nitrogens with zero attached hydrogens (tertiary/aromatic N) is 1. The first-order valence-electron chi connectivity index (χ1n) is 5.84. The van der Waals surface area contributed by atoms with E-state index in [4.69, 9.17) is 0 Å². The monoisotopic (exact) mass is 223 g/mol. The van der Waals surface area contributed by atoms with Gasteiger partial charge in [0.15, 0.2) is 0 Å². The Morgan fingerprint density at radius 3 is 2.12 bits per heavy atom. The third kappa shape index (κ3) is 11.1. The van der Waals surface area contributed by atoms with Crippen LogP contribution in [0.2, 0.25) is 0 Å². The molecule has 0 radical (unpaired) electrons. The smallest absolute Gasteiger partial charge is 0.0297 e. The predicted molar refractivity (Wildman–Crippen MR) is 70.6 cm³/mol. The van der Waals surface area contributed by atoms with Crippen LogP contribution in [-0.2, 0) is 0 Å². The zero-order valence-electron chi connectivity index (χ0n) is 11.0. The standard InChI is InChI=1S/C6H7N.C5H11N.C2H7N/c1-6-3-2-4-7-5-6;1-6-4-5-2-3-5;1-3-2/h2-5H,1H3;5-6H,2-4H2,1H3;3H,1-2H3. The highest BCUT2D eigenvalue weighted by molar-refractivity contribution is 5.04. The number of nitrogens with one attached hydrogen (secondary N) is 2. The zero-order valence-corrected chi connectivity index (χ0v) is 11.0. The van der Waals surface area contributed by atoms with Crippen molar-refractivity contribution in [2.24, 2.45) is 5.92 Å². The Kier molecular flexibility index (Phi) is 9.97. The van der Waals surface area contributed by atoms with E-state index in [9.17, 15) is 0 Å². The lowest BCUT2D eigenvalue weighted by Crippen LogP contribution is -2.08. The second kappa shape index (κ2) is 10.6. The second-order valence-corrected chi connectivity index (χ2v) is 4.03. The van der Waals surface area contributed by atoms with Crippen LogP contribution in [-0.4, -0.2) is 32.7 Å². The fourth-order valence-electron chi connectivity index (χ4n) is 1.06. The molecule has 1 aliphatic carbocycles. The maximum Gasteiger partial charge on any atom is 0.0297 e. The summed E-state index contributed by atoms with van der Waals surface area (Å²) < 4.78 is 0. The van der Waals surface area contributed by atoms with Crippen LogP contribution < -0.4 is 10.6 Å². The Morgan fingerprint density at radius 2 is 1.94 bits per heavy atom. The third-order valence-corrected chi connectivity index (χ3v) is 2.00. The van der Waals surface area contributed by atoms with Crippen LogP contribution in [0.25, 0.3) is 0 Å². The number of hydrogen-bond acceptors (Lipinski definition) is 3. The molecule has 3 nitrogen and oxygen atoms in total. The van der Waals surface area contributed by atoms with Crippen molar-refractivity contribution < 1.29 is 0 Å². The Hall–Kier alpha value is -0.930. The molecule has 1 heterocycles. The lowest BCUT2D eigenvalue weighted by Gasteiger charge is -1.87. The van der Waals surface area contributed by atoms with Gasteiger partial charge in [-0.25, -0.2) is 0 Å². The molecule has 0 spiro atoms. The molecular formula is C13H25N3. The molecule has 0 bridgehead atoms. The Balaban J connectivity index is 0.000000230. The molecule has 2 N–H and O–H groups in total. The molecule has 0 aliphatic heterocycles. The second-order valence-electron chi connectivity index (χ2n) is 4.03. The molecule has 3 heteroatoms. The molecule has 16 heavy (non-hydrogen) atoms. The fraction of sp³-hybridized carbons (Fsp3) is 0.615. The van der Waals surface area contributed by atoms with E-state index in [0.29, 0.717) is 0 Å². The van der Waals surface area contributed by atoms with Crippen molar-refractivity contribution in [3.05, 3.63) is 30.1 Å². The topological polar surface area (TPSA) is 37.0 Å². The van der Waals surface area contributed by atoms with Crippen molar-refractivity contribution in [1.29, 1.82) is 0 Å². The van der Waals surface area contributed by atoms with Gasteiger partial charge in [0.25, 0.3) is 0 Å². The summed E-state index contributed by atoms with van der Waals surface area (Å²) in [7, 11) is 5.76. The summed E-state index contributed by atoms with van der Waals surface area (Å²) in [4.78, 5) is 3.88. The zero-order chi connectivity index (χ0) is 12.2. The molecule has 1 aliphatic rings. The van der Waals surface area contributed by atoms with Crippen LogP contribution in [0.4, 0.5) is 0 Å². The summed E-state index contributed by atoms with van der Waals surface area (Å²) in [5.74, 6) is 1.04. The van der Waals surface area contributed by atoms with E-state index in [0.717, 1.165) is 5.92 Å². The number of aromatic nitrogens is 1. The number of aryl methyl sites for hydroxylation is 1. The van der Waals surface area contributed by atoms with E-state index < -0.39 is 0 Å². The van der Waals surface area contributed by atoms with Gasteiger partial charge < -0.3 is 10.6 Å². The van der Waals surface area contributed by atoms with E-state index in [1.165, 1.54) is 24.9 Å². The van der Waals surface area contributed by atoms with Crippen LogP contribution in [0.1, 0.15) is 18.4 Å². The van der Waals surface area contributed by atoms with Crippen molar-refractivity contribution >= 4 is 0 Å². The number of rotatable bonds is 2. The minimum absolute atomic E-state index is 1.04. The average molecular weight is 223 g/mol. The molecule has 0 aromatic carbocycles. The maximum absolute atomic E-state index is 3.88. The first kappa shape index (κ1) is 15.1. The lowest BCUT2D eigenvalue weighted by atomic mass is 10.3. The van der Waals surface area contributed by atoms with Gasteiger partial charge in [-0.3, -0.25) is 4.98 Å². The SMILES string of the molecule is CNC.CNCC1CC1.Cc1cccnc1. The number of pyridine rings is 1. The molecule has 0 unspecified atom stereocenters. The first-order valence-corrected chi connectivity index (χ1v) is 5.84. The summed E-state index contributed by atoms with van der Waals surface area (Å²) in [5.41, 5.74) is 1.21. The van der Waals surface area contributed by atoms with Crippen LogP contribution in [0.15, 0.2) is 24.5 Å². The Labute approximate surface area is 99.7 Å². The fourth-order valence-corrected chi connectivity index (χ4v) is 1.06. The maximum atomic E-state index is 3.88. The van der Waals surface area contributed by atoms with Crippen molar-refractivity contribution in [1.82, 2.24) is 15.6 Å². The summed E-state index contributed by atoms with van der Waals surface area (Å²) in [6.45, 7) is 3.26. The van der Waals surface area contributed by atoms with Gasteiger partial charge in [0.05, 0.1) is 0 Å².